The molecule has 1 rings (SSSR count). The molecule has 0 aromatic heterocycles. The third-order valence-electron chi connectivity index (χ3n) is 3.73. The number of nitrogens with one attached hydrogen (secondary N) is 2. The molecule has 2 amide bonds. The topological polar surface area (TPSA) is 84.2 Å². The van der Waals surface area contributed by atoms with Gasteiger partial charge in [0.15, 0.2) is 0 Å². The number of amides is 2. The number of hydrogen-bond acceptors (Lipinski definition) is 3. The van der Waals surface area contributed by atoms with Gasteiger partial charge in [-0.1, -0.05) is 0 Å². The van der Waals surface area contributed by atoms with Gasteiger partial charge >= 0.3 is 0 Å². The summed E-state index contributed by atoms with van der Waals surface area (Å²) in [5.41, 5.74) is 5.40. The first-order chi connectivity index (χ1) is 9.30. The Kier molecular flexibility index (Phi) is 6.46. The highest BCUT2D eigenvalue weighted by molar-refractivity contribution is 5.85. The van der Waals surface area contributed by atoms with E-state index in [2.05, 4.69) is 10.6 Å². The number of carbonyl (C=O) groups is 2. The van der Waals surface area contributed by atoms with E-state index in [1.165, 1.54) is 0 Å². The Hall–Kier alpha value is -1.10. The van der Waals surface area contributed by atoms with Gasteiger partial charge in [-0.15, -0.1) is 0 Å². The second-order valence-electron chi connectivity index (χ2n) is 6.90. The maximum atomic E-state index is 11.8. The van der Waals surface area contributed by atoms with Gasteiger partial charge in [0, 0.05) is 12.0 Å². The molecule has 5 heteroatoms. The predicted octanol–water partition coefficient (Wildman–Crippen LogP) is 1.17. The van der Waals surface area contributed by atoms with Gasteiger partial charge in [0.2, 0.25) is 11.8 Å². The van der Waals surface area contributed by atoms with Gasteiger partial charge in [-0.25, -0.2) is 0 Å². The van der Waals surface area contributed by atoms with Crippen LogP contribution in [-0.4, -0.2) is 30.4 Å². The van der Waals surface area contributed by atoms with Gasteiger partial charge in [0.25, 0.3) is 0 Å². The summed E-state index contributed by atoms with van der Waals surface area (Å²) >= 11 is 0. The lowest BCUT2D eigenvalue weighted by Crippen LogP contribution is -2.46. The maximum Gasteiger partial charge on any atom is 0.239 e. The molecule has 0 aromatic carbocycles. The third-order valence-corrected chi connectivity index (χ3v) is 3.73. The van der Waals surface area contributed by atoms with Crippen LogP contribution in [-0.2, 0) is 9.59 Å². The summed E-state index contributed by atoms with van der Waals surface area (Å²) in [6, 6.07) is 0. The highest BCUT2D eigenvalue weighted by Gasteiger charge is 2.22. The molecule has 116 valence electrons. The van der Waals surface area contributed by atoms with E-state index in [4.69, 9.17) is 5.73 Å². The van der Waals surface area contributed by atoms with Crippen molar-refractivity contribution in [2.24, 2.45) is 17.6 Å². The van der Waals surface area contributed by atoms with Gasteiger partial charge in [-0.05, 0) is 64.8 Å². The van der Waals surface area contributed by atoms with Gasteiger partial charge in [-0.3, -0.25) is 9.59 Å². The smallest absolute Gasteiger partial charge is 0.239 e. The molecule has 4 N–H and O–H groups in total. The van der Waals surface area contributed by atoms with Crippen molar-refractivity contribution >= 4 is 11.8 Å². The summed E-state index contributed by atoms with van der Waals surface area (Å²) < 4.78 is 0. The lowest BCUT2D eigenvalue weighted by Gasteiger charge is -2.27. The first kappa shape index (κ1) is 17.0. The Labute approximate surface area is 122 Å². The van der Waals surface area contributed by atoms with Crippen LogP contribution in [0.25, 0.3) is 0 Å². The lowest BCUT2D eigenvalue weighted by atomic mass is 9.80. The second kappa shape index (κ2) is 7.62. The minimum absolute atomic E-state index is 0.0229. The molecule has 1 saturated carbocycles. The Bertz CT molecular complexity index is 329. The van der Waals surface area contributed by atoms with Crippen LogP contribution in [0, 0.1) is 11.8 Å². The maximum absolute atomic E-state index is 11.8. The van der Waals surface area contributed by atoms with E-state index in [1.54, 1.807) is 0 Å². The van der Waals surface area contributed by atoms with E-state index < -0.39 is 0 Å². The molecule has 0 unspecified atom stereocenters. The SMILES string of the molecule is CC(C)(C)NC(=O)CNC(=O)CC1CCC(CN)CC1. The molecule has 5 nitrogen and oxygen atoms in total. The summed E-state index contributed by atoms with van der Waals surface area (Å²) in [6.07, 6.45) is 4.92. The first-order valence-corrected chi connectivity index (χ1v) is 7.58. The largest absolute Gasteiger partial charge is 0.350 e. The van der Waals surface area contributed by atoms with Gasteiger partial charge in [-0.2, -0.15) is 0 Å². The van der Waals surface area contributed by atoms with Crippen molar-refractivity contribution in [1.29, 1.82) is 0 Å². The van der Waals surface area contributed by atoms with Crippen LogP contribution < -0.4 is 16.4 Å². The molecule has 0 bridgehead atoms. The number of hydrogen-bond donors (Lipinski definition) is 3. The average molecular weight is 283 g/mol. The van der Waals surface area contributed by atoms with E-state index in [9.17, 15) is 9.59 Å². The third kappa shape index (κ3) is 6.89. The fraction of sp³-hybridized carbons (Fsp3) is 0.867. The second-order valence-corrected chi connectivity index (χ2v) is 6.90. The molecule has 0 heterocycles. The fourth-order valence-corrected chi connectivity index (χ4v) is 2.65. The minimum atomic E-state index is -0.261. The number of carbonyl (C=O) groups excluding carboxylic acids is 2. The normalized spacial score (nSPS) is 23.2. The van der Waals surface area contributed by atoms with Crippen molar-refractivity contribution in [3.05, 3.63) is 0 Å². The van der Waals surface area contributed by atoms with Crippen molar-refractivity contribution in [1.82, 2.24) is 10.6 Å². The molecular formula is C15H29N3O2. The van der Waals surface area contributed by atoms with Crippen LogP contribution in [0.1, 0.15) is 52.9 Å². The molecule has 1 fully saturated rings. The first-order valence-electron chi connectivity index (χ1n) is 7.58. The lowest BCUT2D eigenvalue weighted by molar-refractivity contribution is -0.127. The minimum Gasteiger partial charge on any atom is -0.350 e. The van der Waals surface area contributed by atoms with Crippen LogP contribution in [0.2, 0.25) is 0 Å². The molecular weight excluding hydrogens is 254 g/mol. The summed E-state index contributed by atoms with van der Waals surface area (Å²) in [4.78, 5) is 23.4. The van der Waals surface area contributed by atoms with E-state index in [1.807, 2.05) is 20.8 Å². The Balaban J connectivity index is 2.19. The highest BCUT2D eigenvalue weighted by Crippen LogP contribution is 2.29. The van der Waals surface area contributed by atoms with E-state index in [0.717, 1.165) is 32.2 Å². The molecule has 0 saturated heterocycles. The van der Waals surface area contributed by atoms with Gasteiger partial charge < -0.3 is 16.4 Å². The zero-order valence-corrected chi connectivity index (χ0v) is 13.0. The molecule has 0 aliphatic heterocycles. The quantitative estimate of drug-likeness (QED) is 0.708. The van der Waals surface area contributed by atoms with Crippen molar-refractivity contribution in [2.75, 3.05) is 13.1 Å². The van der Waals surface area contributed by atoms with Crippen molar-refractivity contribution in [3.8, 4) is 0 Å². The molecule has 0 spiro atoms. The van der Waals surface area contributed by atoms with Crippen LogP contribution in [0.4, 0.5) is 0 Å². The van der Waals surface area contributed by atoms with Crippen LogP contribution in [0.3, 0.4) is 0 Å². The summed E-state index contributed by atoms with van der Waals surface area (Å²) in [5.74, 6) is 0.915. The van der Waals surface area contributed by atoms with E-state index in [0.29, 0.717) is 18.3 Å². The van der Waals surface area contributed by atoms with Gasteiger partial charge in [0.05, 0.1) is 6.54 Å². The Morgan fingerprint density at radius 1 is 1.05 bits per heavy atom. The molecule has 20 heavy (non-hydrogen) atoms. The molecule has 0 aromatic rings. The zero-order chi connectivity index (χ0) is 15.2. The monoisotopic (exact) mass is 283 g/mol. The molecule has 0 radical (unpaired) electrons. The van der Waals surface area contributed by atoms with Crippen LogP contribution in [0.15, 0.2) is 0 Å². The Morgan fingerprint density at radius 3 is 2.10 bits per heavy atom. The Morgan fingerprint density at radius 2 is 1.60 bits per heavy atom. The fourth-order valence-electron chi connectivity index (χ4n) is 2.65. The van der Waals surface area contributed by atoms with Crippen molar-refractivity contribution in [3.63, 3.8) is 0 Å². The summed E-state index contributed by atoms with van der Waals surface area (Å²) in [7, 11) is 0. The summed E-state index contributed by atoms with van der Waals surface area (Å²) in [6.45, 7) is 6.58. The van der Waals surface area contributed by atoms with E-state index in [-0.39, 0.29) is 23.9 Å². The van der Waals surface area contributed by atoms with Crippen LogP contribution >= 0.6 is 0 Å². The van der Waals surface area contributed by atoms with E-state index >= 15 is 0 Å². The molecule has 1 aliphatic rings. The molecule has 1 aliphatic carbocycles. The highest BCUT2D eigenvalue weighted by atomic mass is 16.2. The van der Waals surface area contributed by atoms with Crippen molar-refractivity contribution in [2.45, 2.75) is 58.4 Å². The standard InChI is InChI=1S/C15H29N3O2/c1-15(2,3)18-14(20)10-17-13(19)8-11-4-6-12(9-16)7-5-11/h11-12H,4-10,16H2,1-3H3,(H,17,19)(H,18,20). The number of rotatable bonds is 5. The molecule has 0 atom stereocenters. The predicted molar refractivity (Wildman–Crippen MR) is 80.0 cm³/mol. The number of nitrogens with two attached hydrogens (primary N) is 1. The van der Waals surface area contributed by atoms with Gasteiger partial charge in [0.1, 0.15) is 0 Å². The average Bonchev–Trinajstić information content (AvgIpc) is 2.35. The zero-order valence-electron chi connectivity index (χ0n) is 13.0. The van der Waals surface area contributed by atoms with Crippen molar-refractivity contribution < 1.29 is 9.59 Å². The summed E-state index contributed by atoms with van der Waals surface area (Å²) in [5, 5.41) is 5.53. The van der Waals surface area contributed by atoms with Crippen LogP contribution in [0.5, 0.6) is 0 Å².